The predicted octanol–water partition coefficient (Wildman–Crippen LogP) is 1.58. The highest BCUT2D eigenvalue weighted by Gasteiger charge is 2.22. The van der Waals surface area contributed by atoms with Crippen LogP contribution in [0.3, 0.4) is 0 Å². The van der Waals surface area contributed by atoms with E-state index in [1.54, 1.807) is 0 Å². The Balaban J connectivity index is 1.83. The van der Waals surface area contributed by atoms with Crippen molar-refractivity contribution >= 4 is 5.91 Å². The van der Waals surface area contributed by atoms with Gasteiger partial charge in [-0.2, -0.15) is 0 Å². The van der Waals surface area contributed by atoms with Crippen LogP contribution in [0.5, 0.6) is 11.5 Å². The van der Waals surface area contributed by atoms with Gasteiger partial charge in [0.05, 0.1) is 6.61 Å². The van der Waals surface area contributed by atoms with E-state index in [-0.39, 0.29) is 18.6 Å². The highest BCUT2D eigenvalue weighted by atomic mass is 16.5. The molecule has 5 heteroatoms. The number of hydrogen-bond acceptors (Lipinski definition) is 4. The normalized spacial score (nSPS) is 21.6. The molecule has 1 aliphatic heterocycles. The van der Waals surface area contributed by atoms with Crippen molar-refractivity contribution in [2.24, 2.45) is 5.92 Å². The third kappa shape index (κ3) is 4.63. The lowest BCUT2D eigenvalue weighted by molar-refractivity contribution is -0.124. The highest BCUT2D eigenvalue weighted by molar-refractivity contribution is 5.78. The Bertz CT molecular complexity index is 465. The quantitative estimate of drug-likeness (QED) is 0.836. The van der Waals surface area contributed by atoms with Gasteiger partial charge in [-0.1, -0.05) is 19.1 Å². The number of carbonyl (C=O) groups excluding carboxylic acids is 1. The first-order valence-electron chi connectivity index (χ1n) is 7.55. The van der Waals surface area contributed by atoms with Crippen molar-refractivity contribution in [2.75, 3.05) is 26.3 Å². The monoisotopic (exact) mass is 292 g/mol. The van der Waals surface area contributed by atoms with E-state index in [2.05, 4.69) is 17.6 Å². The lowest BCUT2D eigenvalue weighted by Crippen LogP contribution is -2.51. The number of carbonyl (C=O) groups is 1. The molecule has 2 unspecified atom stereocenters. The summed E-state index contributed by atoms with van der Waals surface area (Å²) < 4.78 is 11.0. The number of ether oxygens (including phenoxy) is 2. The molecule has 116 valence electrons. The summed E-state index contributed by atoms with van der Waals surface area (Å²) in [4.78, 5) is 12.0. The molecule has 0 radical (unpaired) electrons. The molecule has 21 heavy (non-hydrogen) atoms. The van der Waals surface area contributed by atoms with Crippen LogP contribution in [-0.4, -0.2) is 38.3 Å². The minimum Gasteiger partial charge on any atom is -0.490 e. The van der Waals surface area contributed by atoms with Crippen molar-refractivity contribution in [2.45, 2.75) is 26.3 Å². The van der Waals surface area contributed by atoms with Gasteiger partial charge in [0, 0.05) is 12.6 Å². The molecule has 0 aliphatic carbocycles. The molecule has 1 amide bonds. The highest BCUT2D eigenvalue weighted by Crippen LogP contribution is 2.26. The van der Waals surface area contributed by atoms with Gasteiger partial charge in [-0.15, -0.1) is 0 Å². The standard InChI is InChI=1S/C16H24N2O3/c1-3-20-14-6-4-5-7-15(14)21-11-16(19)18-13-10-17-9-8-12(13)2/h4-7,12-13,17H,3,8-11H2,1-2H3,(H,18,19). The minimum atomic E-state index is -0.0955. The number of nitrogens with one attached hydrogen (secondary N) is 2. The average Bonchev–Trinajstić information content (AvgIpc) is 2.49. The Labute approximate surface area is 126 Å². The van der Waals surface area contributed by atoms with Crippen LogP contribution in [0.4, 0.5) is 0 Å². The van der Waals surface area contributed by atoms with Crippen molar-refractivity contribution < 1.29 is 14.3 Å². The van der Waals surface area contributed by atoms with E-state index in [0.717, 1.165) is 19.5 Å². The molecule has 0 saturated carbocycles. The zero-order valence-electron chi connectivity index (χ0n) is 12.7. The fraction of sp³-hybridized carbons (Fsp3) is 0.562. The summed E-state index contributed by atoms with van der Waals surface area (Å²) in [5.74, 6) is 1.66. The van der Waals surface area contributed by atoms with E-state index < -0.39 is 0 Å². The van der Waals surface area contributed by atoms with E-state index in [1.807, 2.05) is 31.2 Å². The fourth-order valence-electron chi connectivity index (χ4n) is 2.42. The molecule has 1 aromatic carbocycles. The molecule has 1 heterocycles. The van der Waals surface area contributed by atoms with Gasteiger partial charge in [-0.25, -0.2) is 0 Å². The second-order valence-corrected chi connectivity index (χ2v) is 5.31. The Kier molecular flexibility index (Phi) is 5.87. The Morgan fingerprint density at radius 3 is 2.71 bits per heavy atom. The van der Waals surface area contributed by atoms with Gasteiger partial charge >= 0.3 is 0 Å². The zero-order valence-corrected chi connectivity index (χ0v) is 12.7. The van der Waals surface area contributed by atoms with Crippen LogP contribution in [0.2, 0.25) is 0 Å². The molecule has 2 rings (SSSR count). The molecular formula is C16H24N2O3. The largest absolute Gasteiger partial charge is 0.490 e. The fourth-order valence-corrected chi connectivity index (χ4v) is 2.42. The van der Waals surface area contributed by atoms with Crippen LogP contribution in [0, 0.1) is 5.92 Å². The molecule has 2 atom stereocenters. The summed E-state index contributed by atoms with van der Waals surface area (Å²) in [6.07, 6.45) is 1.08. The van der Waals surface area contributed by atoms with E-state index in [0.29, 0.717) is 24.0 Å². The van der Waals surface area contributed by atoms with Crippen molar-refractivity contribution in [3.05, 3.63) is 24.3 Å². The van der Waals surface area contributed by atoms with Crippen LogP contribution in [-0.2, 0) is 4.79 Å². The summed E-state index contributed by atoms with van der Waals surface area (Å²) >= 11 is 0. The second-order valence-electron chi connectivity index (χ2n) is 5.31. The third-order valence-electron chi connectivity index (χ3n) is 3.68. The molecule has 0 aromatic heterocycles. The molecule has 1 fully saturated rings. The van der Waals surface area contributed by atoms with E-state index in [4.69, 9.17) is 9.47 Å². The van der Waals surface area contributed by atoms with Crippen LogP contribution in [0.15, 0.2) is 24.3 Å². The molecule has 1 aliphatic rings. The van der Waals surface area contributed by atoms with E-state index >= 15 is 0 Å². The van der Waals surface area contributed by atoms with Gasteiger partial charge in [-0.05, 0) is 37.9 Å². The van der Waals surface area contributed by atoms with Crippen LogP contribution in [0.25, 0.3) is 0 Å². The minimum absolute atomic E-state index is 0.00725. The molecule has 1 saturated heterocycles. The van der Waals surface area contributed by atoms with Gasteiger partial charge < -0.3 is 20.1 Å². The van der Waals surface area contributed by atoms with Crippen molar-refractivity contribution in [3.63, 3.8) is 0 Å². The maximum absolute atomic E-state index is 12.0. The lowest BCUT2D eigenvalue weighted by Gasteiger charge is -2.30. The number of benzene rings is 1. The summed E-state index contributed by atoms with van der Waals surface area (Å²) in [6, 6.07) is 7.57. The van der Waals surface area contributed by atoms with Gasteiger partial charge in [0.15, 0.2) is 18.1 Å². The summed E-state index contributed by atoms with van der Waals surface area (Å²) in [5.41, 5.74) is 0. The lowest BCUT2D eigenvalue weighted by atomic mass is 9.95. The van der Waals surface area contributed by atoms with Crippen molar-refractivity contribution in [3.8, 4) is 11.5 Å². The van der Waals surface area contributed by atoms with Gasteiger partial charge in [-0.3, -0.25) is 4.79 Å². The molecular weight excluding hydrogens is 268 g/mol. The smallest absolute Gasteiger partial charge is 0.258 e. The van der Waals surface area contributed by atoms with Crippen LogP contribution >= 0.6 is 0 Å². The molecule has 2 N–H and O–H groups in total. The molecule has 1 aromatic rings. The third-order valence-corrected chi connectivity index (χ3v) is 3.68. The molecule has 5 nitrogen and oxygen atoms in total. The first-order valence-corrected chi connectivity index (χ1v) is 7.55. The van der Waals surface area contributed by atoms with E-state index in [9.17, 15) is 4.79 Å². The maximum atomic E-state index is 12.0. The van der Waals surface area contributed by atoms with Crippen LogP contribution in [0.1, 0.15) is 20.3 Å². The van der Waals surface area contributed by atoms with Crippen molar-refractivity contribution in [1.82, 2.24) is 10.6 Å². The first-order chi connectivity index (χ1) is 10.2. The van der Waals surface area contributed by atoms with Gasteiger partial charge in [0.1, 0.15) is 0 Å². The molecule has 0 spiro atoms. The topological polar surface area (TPSA) is 59.6 Å². The average molecular weight is 292 g/mol. The predicted molar refractivity (Wildman–Crippen MR) is 81.7 cm³/mol. The van der Waals surface area contributed by atoms with Gasteiger partial charge in [0.2, 0.25) is 0 Å². The summed E-state index contributed by atoms with van der Waals surface area (Å²) in [7, 11) is 0. The van der Waals surface area contributed by atoms with Crippen LogP contribution < -0.4 is 20.1 Å². The Morgan fingerprint density at radius 1 is 1.33 bits per heavy atom. The number of amides is 1. The van der Waals surface area contributed by atoms with E-state index in [1.165, 1.54) is 0 Å². The summed E-state index contributed by atoms with van der Waals surface area (Å²) in [5, 5.41) is 6.32. The SMILES string of the molecule is CCOc1ccccc1OCC(=O)NC1CNCCC1C. The van der Waals surface area contributed by atoms with Gasteiger partial charge in [0.25, 0.3) is 5.91 Å². The Morgan fingerprint density at radius 2 is 2.05 bits per heavy atom. The van der Waals surface area contributed by atoms with Crippen molar-refractivity contribution in [1.29, 1.82) is 0 Å². The zero-order chi connectivity index (χ0) is 15.1. The number of hydrogen-bond donors (Lipinski definition) is 2. The Hall–Kier alpha value is -1.75. The molecule has 0 bridgehead atoms. The number of piperidine rings is 1. The summed E-state index contributed by atoms with van der Waals surface area (Å²) in [6.45, 7) is 6.50. The second kappa shape index (κ2) is 7.88. The first kappa shape index (κ1) is 15.6. The maximum Gasteiger partial charge on any atom is 0.258 e. The number of para-hydroxylation sites is 2. The number of rotatable bonds is 6.